The van der Waals surface area contributed by atoms with Crippen LogP contribution in [-0.2, 0) is 24.7 Å². The Kier molecular flexibility index (Phi) is 8.02. The van der Waals surface area contributed by atoms with Crippen molar-refractivity contribution in [1.29, 1.82) is 0 Å². The van der Waals surface area contributed by atoms with Crippen LogP contribution in [0, 0.1) is 0 Å². The summed E-state index contributed by atoms with van der Waals surface area (Å²) in [5.74, 6) is -0.524. The van der Waals surface area contributed by atoms with E-state index in [0.717, 1.165) is 16.8 Å². The van der Waals surface area contributed by atoms with Crippen LogP contribution < -0.4 is 9.62 Å². The lowest BCUT2D eigenvalue weighted by Gasteiger charge is -2.31. The minimum atomic E-state index is -3.87. The first-order valence-corrected chi connectivity index (χ1v) is 13.8. The monoisotopic (exact) mass is 506 g/mol. The van der Waals surface area contributed by atoms with Crippen molar-refractivity contribution in [2.75, 3.05) is 16.8 Å². The van der Waals surface area contributed by atoms with Crippen molar-refractivity contribution in [3.63, 3.8) is 0 Å². The molecule has 2 rings (SSSR count). The Morgan fingerprint density at radius 1 is 1.03 bits per heavy atom. The Balaban J connectivity index is 2.34. The molecule has 0 heterocycles. The fraction of sp³-hybridized carbons (Fsp3) is 0.350. The van der Waals surface area contributed by atoms with Gasteiger partial charge >= 0.3 is 0 Å². The molecule has 0 bridgehead atoms. The summed E-state index contributed by atoms with van der Waals surface area (Å²) in [6.45, 7) is 3.41. The third-order valence-corrected chi connectivity index (χ3v) is 7.49. The number of nitrogens with zero attached hydrogens (tertiary/aromatic N) is 1. The van der Waals surface area contributed by atoms with E-state index >= 15 is 0 Å². The smallest absolute Gasteiger partial charge is 0.244 e. The molecule has 0 unspecified atom stereocenters. The molecule has 2 atom stereocenters. The van der Waals surface area contributed by atoms with Gasteiger partial charge in [-0.2, -0.15) is 0 Å². The van der Waals surface area contributed by atoms with Gasteiger partial charge in [0.25, 0.3) is 0 Å². The molecule has 1 N–H and O–H groups in total. The molecule has 0 aromatic heterocycles. The van der Waals surface area contributed by atoms with Crippen molar-refractivity contribution in [2.24, 2.45) is 0 Å². The van der Waals surface area contributed by atoms with Gasteiger partial charge in [0.2, 0.25) is 15.9 Å². The van der Waals surface area contributed by atoms with Crippen LogP contribution >= 0.6 is 23.2 Å². The highest BCUT2D eigenvalue weighted by molar-refractivity contribution is 7.92. The Labute approximate surface area is 193 Å². The van der Waals surface area contributed by atoms with E-state index in [0.29, 0.717) is 5.56 Å². The molecule has 0 saturated heterocycles. The SMILES string of the molecule is CC[C@@H](C(=O)N[C@H](C)c1ccc(S(C)(=O)=O)cc1)N(c1cc(Cl)ccc1Cl)S(C)(=O)=O. The fourth-order valence-corrected chi connectivity index (χ4v) is 5.36. The molecule has 0 aliphatic carbocycles. The van der Waals surface area contributed by atoms with Gasteiger partial charge in [-0.25, -0.2) is 16.8 Å². The lowest BCUT2D eigenvalue weighted by atomic mass is 10.1. The first kappa shape index (κ1) is 25.5. The third kappa shape index (κ3) is 6.35. The van der Waals surface area contributed by atoms with Crippen LogP contribution in [0.15, 0.2) is 47.4 Å². The van der Waals surface area contributed by atoms with Crippen molar-refractivity contribution in [3.05, 3.63) is 58.1 Å². The molecule has 170 valence electrons. The molecule has 7 nitrogen and oxygen atoms in total. The second-order valence-electron chi connectivity index (χ2n) is 7.15. The number of amides is 1. The van der Waals surface area contributed by atoms with Crippen molar-refractivity contribution in [1.82, 2.24) is 5.32 Å². The number of benzene rings is 2. The first-order chi connectivity index (χ1) is 14.3. The summed E-state index contributed by atoms with van der Waals surface area (Å²) in [6.07, 6.45) is 2.29. The van der Waals surface area contributed by atoms with Crippen LogP contribution in [-0.4, -0.2) is 41.3 Å². The topological polar surface area (TPSA) is 101 Å². The van der Waals surface area contributed by atoms with Crippen molar-refractivity contribution in [2.45, 2.75) is 37.2 Å². The summed E-state index contributed by atoms with van der Waals surface area (Å²) in [7, 11) is -7.21. The van der Waals surface area contributed by atoms with E-state index in [9.17, 15) is 21.6 Å². The van der Waals surface area contributed by atoms with Crippen LogP contribution in [0.2, 0.25) is 10.0 Å². The number of hydrogen-bond acceptors (Lipinski definition) is 5. The van der Waals surface area contributed by atoms with Gasteiger partial charge in [-0.05, 0) is 49.2 Å². The second-order valence-corrected chi connectivity index (χ2v) is 11.9. The average molecular weight is 507 g/mol. The highest BCUT2D eigenvalue weighted by Gasteiger charge is 2.33. The number of carbonyl (C=O) groups is 1. The van der Waals surface area contributed by atoms with E-state index in [1.165, 1.54) is 30.3 Å². The molecule has 0 spiro atoms. The predicted molar refractivity (Wildman–Crippen MR) is 124 cm³/mol. The summed E-state index contributed by atoms with van der Waals surface area (Å²) in [6, 6.07) is 8.95. The number of hydrogen-bond donors (Lipinski definition) is 1. The molecule has 2 aromatic rings. The van der Waals surface area contributed by atoms with E-state index in [4.69, 9.17) is 23.2 Å². The largest absolute Gasteiger partial charge is 0.348 e. The maximum Gasteiger partial charge on any atom is 0.244 e. The van der Waals surface area contributed by atoms with Crippen LogP contribution in [0.5, 0.6) is 0 Å². The molecular weight excluding hydrogens is 483 g/mol. The van der Waals surface area contributed by atoms with Crippen LogP contribution in [0.25, 0.3) is 0 Å². The molecule has 2 aromatic carbocycles. The maximum absolute atomic E-state index is 13.1. The standard InChI is InChI=1S/C20H24Cl2N2O5S2/c1-5-18(24(31(4,28)29)19-12-15(21)8-11-17(19)22)20(25)23-13(2)14-6-9-16(10-7-14)30(3,26)27/h6-13,18H,5H2,1-4H3,(H,23,25)/t13-,18+/m1/s1. The van der Waals surface area contributed by atoms with E-state index in [1.54, 1.807) is 26.0 Å². The minimum absolute atomic E-state index is 0.115. The van der Waals surface area contributed by atoms with E-state index in [1.807, 2.05) is 0 Å². The summed E-state index contributed by atoms with van der Waals surface area (Å²) >= 11 is 12.2. The predicted octanol–water partition coefficient (Wildman–Crippen LogP) is 3.82. The first-order valence-electron chi connectivity index (χ1n) is 9.30. The molecule has 31 heavy (non-hydrogen) atoms. The van der Waals surface area contributed by atoms with Gasteiger partial charge in [0, 0.05) is 11.3 Å². The summed E-state index contributed by atoms with van der Waals surface area (Å²) in [5.41, 5.74) is 0.783. The zero-order valence-electron chi connectivity index (χ0n) is 17.5. The van der Waals surface area contributed by atoms with E-state index in [-0.39, 0.29) is 27.0 Å². The number of anilines is 1. The number of carbonyl (C=O) groups excluding carboxylic acids is 1. The van der Waals surface area contributed by atoms with Crippen molar-refractivity contribution >= 4 is 54.7 Å². The molecule has 0 aliphatic rings. The third-order valence-electron chi connectivity index (χ3n) is 4.64. The quantitative estimate of drug-likeness (QED) is 0.586. The number of nitrogens with one attached hydrogen (secondary N) is 1. The van der Waals surface area contributed by atoms with Gasteiger partial charge in [-0.3, -0.25) is 9.10 Å². The van der Waals surface area contributed by atoms with E-state index in [2.05, 4.69) is 5.32 Å². The molecule has 0 radical (unpaired) electrons. The van der Waals surface area contributed by atoms with E-state index < -0.39 is 37.9 Å². The highest BCUT2D eigenvalue weighted by Crippen LogP contribution is 2.33. The summed E-state index contributed by atoms with van der Waals surface area (Å²) in [5, 5.41) is 3.22. The number of halogens is 2. The second kappa shape index (κ2) is 9.77. The zero-order chi connectivity index (χ0) is 23.6. The lowest BCUT2D eigenvalue weighted by molar-refractivity contribution is -0.122. The molecule has 1 amide bonds. The minimum Gasteiger partial charge on any atom is -0.348 e. The van der Waals surface area contributed by atoms with Crippen LogP contribution in [0.1, 0.15) is 31.9 Å². The van der Waals surface area contributed by atoms with Gasteiger partial charge in [-0.1, -0.05) is 42.3 Å². The maximum atomic E-state index is 13.1. The summed E-state index contributed by atoms with van der Waals surface area (Å²) in [4.78, 5) is 13.2. The molecule has 0 saturated carbocycles. The van der Waals surface area contributed by atoms with Gasteiger partial charge < -0.3 is 5.32 Å². The van der Waals surface area contributed by atoms with Crippen molar-refractivity contribution < 1.29 is 21.6 Å². The number of sulfonamides is 1. The Morgan fingerprint density at radius 2 is 1.61 bits per heavy atom. The lowest BCUT2D eigenvalue weighted by Crippen LogP contribution is -2.49. The average Bonchev–Trinajstić information content (AvgIpc) is 2.66. The number of sulfone groups is 1. The highest BCUT2D eigenvalue weighted by atomic mass is 35.5. The number of rotatable bonds is 8. The van der Waals surface area contributed by atoms with Gasteiger partial charge in [0.15, 0.2) is 9.84 Å². The van der Waals surface area contributed by atoms with Gasteiger partial charge in [0.05, 0.1) is 27.9 Å². The normalized spacial score (nSPS) is 14.0. The summed E-state index contributed by atoms with van der Waals surface area (Å²) < 4.78 is 49.4. The van der Waals surface area contributed by atoms with Gasteiger partial charge in [0.1, 0.15) is 6.04 Å². The molecule has 0 aliphatic heterocycles. The Hall–Kier alpha value is -1.81. The fourth-order valence-electron chi connectivity index (χ4n) is 3.09. The van der Waals surface area contributed by atoms with Crippen LogP contribution in [0.4, 0.5) is 5.69 Å². The molecular formula is C20H24Cl2N2O5S2. The zero-order valence-corrected chi connectivity index (χ0v) is 20.6. The van der Waals surface area contributed by atoms with Crippen molar-refractivity contribution in [3.8, 4) is 0 Å². The van der Waals surface area contributed by atoms with Crippen LogP contribution in [0.3, 0.4) is 0 Å². The van der Waals surface area contributed by atoms with Gasteiger partial charge in [-0.15, -0.1) is 0 Å². The molecule has 0 fully saturated rings. The Morgan fingerprint density at radius 3 is 2.10 bits per heavy atom. The molecule has 11 heteroatoms. The Bertz CT molecular complexity index is 1170.